The van der Waals surface area contributed by atoms with Crippen LogP contribution in [0.2, 0.25) is 0 Å². The fourth-order valence-corrected chi connectivity index (χ4v) is 1.73. The fourth-order valence-electron chi connectivity index (χ4n) is 1.73. The van der Waals surface area contributed by atoms with E-state index in [1.54, 1.807) is 24.2 Å². The minimum absolute atomic E-state index is 0.0944. The SMILES string of the molecule is CCCN(CCCN)C(=O)c1ccn(C)c(=O)c1. The van der Waals surface area contributed by atoms with Gasteiger partial charge in [-0.1, -0.05) is 6.92 Å². The number of amides is 1. The first-order valence-corrected chi connectivity index (χ1v) is 6.26. The summed E-state index contributed by atoms with van der Waals surface area (Å²) < 4.78 is 1.45. The van der Waals surface area contributed by atoms with Crippen LogP contribution in [0.3, 0.4) is 0 Å². The zero-order valence-corrected chi connectivity index (χ0v) is 11.1. The summed E-state index contributed by atoms with van der Waals surface area (Å²) in [4.78, 5) is 25.5. The van der Waals surface area contributed by atoms with Crippen molar-refractivity contribution < 1.29 is 4.79 Å². The van der Waals surface area contributed by atoms with Gasteiger partial charge in [-0.25, -0.2) is 0 Å². The third-order valence-corrected chi connectivity index (χ3v) is 2.76. The van der Waals surface area contributed by atoms with Crippen LogP contribution in [0, 0.1) is 0 Å². The number of aromatic nitrogens is 1. The van der Waals surface area contributed by atoms with Crippen LogP contribution in [0.25, 0.3) is 0 Å². The van der Waals surface area contributed by atoms with Gasteiger partial charge in [0, 0.05) is 38.0 Å². The highest BCUT2D eigenvalue weighted by Crippen LogP contribution is 2.04. The van der Waals surface area contributed by atoms with E-state index in [1.807, 2.05) is 6.92 Å². The Kier molecular flexibility index (Phi) is 5.58. The van der Waals surface area contributed by atoms with Crippen LogP contribution >= 0.6 is 0 Å². The average molecular weight is 251 g/mol. The molecule has 0 saturated heterocycles. The molecule has 0 aromatic carbocycles. The topological polar surface area (TPSA) is 68.3 Å². The molecule has 1 aromatic rings. The number of aryl methyl sites for hydroxylation is 1. The molecule has 100 valence electrons. The van der Waals surface area contributed by atoms with Gasteiger partial charge in [0.1, 0.15) is 0 Å². The van der Waals surface area contributed by atoms with Gasteiger partial charge in [0.25, 0.3) is 11.5 Å². The Balaban J connectivity index is 2.87. The number of hydrogen-bond donors (Lipinski definition) is 1. The van der Waals surface area contributed by atoms with Crippen LogP contribution in [-0.2, 0) is 7.05 Å². The number of nitrogens with two attached hydrogens (primary N) is 1. The van der Waals surface area contributed by atoms with Crippen molar-refractivity contribution in [2.24, 2.45) is 12.8 Å². The summed E-state index contributed by atoms with van der Waals surface area (Å²) in [5, 5.41) is 0. The van der Waals surface area contributed by atoms with Crippen molar-refractivity contribution in [1.29, 1.82) is 0 Å². The maximum Gasteiger partial charge on any atom is 0.254 e. The van der Waals surface area contributed by atoms with E-state index in [0.717, 1.165) is 12.8 Å². The second-order valence-corrected chi connectivity index (χ2v) is 4.30. The first-order valence-electron chi connectivity index (χ1n) is 6.26. The van der Waals surface area contributed by atoms with Crippen molar-refractivity contribution in [3.05, 3.63) is 34.2 Å². The predicted molar refractivity (Wildman–Crippen MR) is 71.5 cm³/mol. The highest BCUT2D eigenvalue weighted by molar-refractivity contribution is 5.94. The average Bonchev–Trinajstić information content (AvgIpc) is 2.37. The number of carbonyl (C=O) groups excluding carboxylic acids is 1. The minimum Gasteiger partial charge on any atom is -0.339 e. The quantitative estimate of drug-likeness (QED) is 0.804. The van der Waals surface area contributed by atoms with Crippen LogP contribution in [0.4, 0.5) is 0 Å². The molecule has 0 radical (unpaired) electrons. The number of rotatable bonds is 6. The normalized spacial score (nSPS) is 10.4. The molecule has 2 N–H and O–H groups in total. The Morgan fingerprint density at radius 3 is 2.72 bits per heavy atom. The van der Waals surface area contributed by atoms with Crippen LogP contribution in [-0.4, -0.2) is 35.0 Å². The van der Waals surface area contributed by atoms with Gasteiger partial charge in [-0.15, -0.1) is 0 Å². The molecule has 1 aromatic heterocycles. The number of carbonyl (C=O) groups is 1. The van der Waals surface area contributed by atoms with Crippen LogP contribution in [0.5, 0.6) is 0 Å². The molecule has 1 amide bonds. The summed E-state index contributed by atoms with van der Waals surface area (Å²) in [6.45, 7) is 3.91. The van der Waals surface area contributed by atoms with Crippen LogP contribution in [0.1, 0.15) is 30.1 Å². The minimum atomic E-state index is -0.170. The molecule has 5 heteroatoms. The van der Waals surface area contributed by atoms with Gasteiger partial charge < -0.3 is 15.2 Å². The molecular formula is C13H21N3O2. The highest BCUT2D eigenvalue weighted by atomic mass is 16.2. The summed E-state index contributed by atoms with van der Waals surface area (Å²) in [5.41, 5.74) is 5.74. The van der Waals surface area contributed by atoms with Gasteiger partial charge in [-0.3, -0.25) is 9.59 Å². The molecule has 18 heavy (non-hydrogen) atoms. The van der Waals surface area contributed by atoms with Crippen molar-refractivity contribution in [2.45, 2.75) is 19.8 Å². The van der Waals surface area contributed by atoms with E-state index in [0.29, 0.717) is 25.2 Å². The standard InChI is InChI=1S/C13H21N3O2/c1-3-7-16(8-4-6-14)13(18)11-5-9-15(2)12(17)10-11/h5,9-10H,3-4,6-8,14H2,1-2H3. The zero-order chi connectivity index (χ0) is 13.5. The van der Waals surface area contributed by atoms with Crippen LogP contribution in [0.15, 0.2) is 23.1 Å². The molecule has 0 aliphatic heterocycles. The van der Waals surface area contributed by atoms with E-state index < -0.39 is 0 Å². The molecule has 1 heterocycles. The highest BCUT2D eigenvalue weighted by Gasteiger charge is 2.14. The summed E-state index contributed by atoms with van der Waals surface area (Å²) in [7, 11) is 1.66. The molecule has 0 fully saturated rings. The third-order valence-electron chi connectivity index (χ3n) is 2.76. The molecule has 0 unspecified atom stereocenters. The second kappa shape index (κ2) is 6.96. The summed E-state index contributed by atoms with van der Waals surface area (Å²) in [6, 6.07) is 3.06. The van der Waals surface area contributed by atoms with E-state index in [2.05, 4.69) is 0 Å². The van der Waals surface area contributed by atoms with Gasteiger partial charge in [0.15, 0.2) is 0 Å². The lowest BCUT2D eigenvalue weighted by atomic mass is 10.2. The maximum atomic E-state index is 12.2. The zero-order valence-electron chi connectivity index (χ0n) is 11.1. The summed E-state index contributed by atoms with van der Waals surface area (Å²) in [5.74, 6) is -0.0944. The van der Waals surface area contributed by atoms with E-state index in [4.69, 9.17) is 5.73 Å². The molecule has 0 spiro atoms. The van der Waals surface area contributed by atoms with Gasteiger partial charge >= 0.3 is 0 Å². The lowest BCUT2D eigenvalue weighted by Crippen LogP contribution is -2.34. The molecular weight excluding hydrogens is 230 g/mol. The Labute approximate surface area is 107 Å². The van der Waals surface area contributed by atoms with Gasteiger partial charge in [-0.05, 0) is 25.5 Å². The van der Waals surface area contributed by atoms with Crippen LogP contribution < -0.4 is 11.3 Å². The number of nitrogens with zero attached hydrogens (tertiary/aromatic N) is 2. The maximum absolute atomic E-state index is 12.2. The Morgan fingerprint density at radius 1 is 1.44 bits per heavy atom. The second-order valence-electron chi connectivity index (χ2n) is 4.30. The molecule has 0 bridgehead atoms. The predicted octanol–water partition coefficient (Wildman–Crippen LogP) is 0.586. The smallest absolute Gasteiger partial charge is 0.254 e. The lowest BCUT2D eigenvalue weighted by Gasteiger charge is -2.21. The Hall–Kier alpha value is -1.62. The van der Waals surface area contributed by atoms with E-state index >= 15 is 0 Å². The fraction of sp³-hybridized carbons (Fsp3) is 0.538. The monoisotopic (exact) mass is 251 g/mol. The molecule has 0 aliphatic carbocycles. The largest absolute Gasteiger partial charge is 0.339 e. The van der Waals surface area contributed by atoms with Crippen molar-refractivity contribution >= 4 is 5.91 Å². The van der Waals surface area contributed by atoms with E-state index in [-0.39, 0.29) is 11.5 Å². The van der Waals surface area contributed by atoms with E-state index in [1.165, 1.54) is 10.6 Å². The van der Waals surface area contributed by atoms with Crippen molar-refractivity contribution in [3.8, 4) is 0 Å². The van der Waals surface area contributed by atoms with Gasteiger partial charge in [-0.2, -0.15) is 0 Å². The molecule has 1 rings (SSSR count). The lowest BCUT2D eigenvalue weighted by molar-refractivity contribution is 0.0754. The molecule has 5 nitrogen and oxygen atoms in total. The summed E-state index contributed by atoms with van der Waals surface area (Å²) >= 11 is 0. The van der Waals surface area contributed by atoms with E-state index in [9.17, 15) is 9.59 Å². The van der Waals surface area contributed by atoms with Gasteiger partial charge in [0.05, 0.1) is 0 Å². The number of pyridine rings is 1. The third kappa shape index (κ3) is 3.70. The van der Waals surface area contributed by atoms with Crippen molar-refractivity contribution in [2.75, 3.05) is 19.6 Å². The molecule has 0 aliphatic rings. The van der Waals surface area contributed by atoms with Gasteiger partial charge in [0.2, 0.25) is 0 Å². The Morgan fingerprint density at radius 2 is 2.17 bits per heavy atom. The first-order chi connectivity index (χ1) is 8.60. The first kappa shape index (κ1) is 14.4. The number of hydrogen-bond acceptors (Lipinski definition) is 3. The molecule has 0 atom stereocenters. The molecule has 0 saturated carbocycles. The van der Waals surface area contributed by atoms with Crippen molar-refractivity contribution in [1.82, 2.24) is 9.47 Å². The van der Waals surface area contributed by atoms with Crippen molar-refractivity contribution in [3.63, 3.8) is 0 Å². The Bertz CT molecular complexity index is 454. The summed E-state index contributed by atoms with van der Waals surface area (Å²) in [6.07, 6.45) is 3.28.